The van der Waals surface area contributed by atoms with Gasteiger partial charge in [-0.05, 0) is 49.6 Å². The van der Waals surface area contributed by atoms with Gasteiger partial charge in [0, 0.05) is 24.0 Å². The molecular formula is C20H24FN5. The number of aromatic amines is 1. The number of aromatic nitrogens is 4. The van der Waals surface area contributed by atoms with Gasteiger partial charge in [-0.1, -0.05) is 19.9 Å². The Hall–Kier alpha value is -2.34. The average molecular weight is 353 g/mol. The molecule has 0 bridgehead atoms. The molecule has 0 aliphatic carbocycles. The first kappa shape index (κ1) is 17.1. The highest BCUT2D eigenvalue weighted by molar-refractivity contribution is 5.89. The number of halogens is 1. The number of rotatable bonds is 4. The summed E-state index contributed by atoms with van der Waals surface area (Å²) in [6, 6.07) is 9.57. The quantitative estimate of drug-likeness (QED) is 0.744. The van der Waals surface area contributed by atoms with Gasteiger partial charge in [0.25, 0.3) is 0 Å². The Kier molecular flexibility index (Phi) is 4.44. The molecule has 1 saturated heterocycles. The first-order chi connectivity index (χ1) is 12.5. The van der Waals surface area contributed by atoms with Crippen molar-refractivity contribution in [2.24, 2.45) is 5.92 Å². The molecule has 1 aliphatic heterocycles. The van der Waals surface area contributed by atoms with Crippen LogP contribution in [0, 0.1) is 5.92 Å². The van der Waals surface area contributed by atoms with Gasteiger partial charge in [-0.15, -0.1) is 0 Å². The van der Waals surface area contributed by atoms with Crippen LogP contribution in [-0.4, -0.2) is 32.8 Å². The van der Waals surface area contributed by atoms with Crippen LogP contribution in [0.1, 0.15) is 38.8 Å². The van der Waals surface area contributed by atoms with Crippen molar-refractivity contribution in [3.05, 3.63) is 42.2 Å². The molecule has 1 fully saturated rings. The number of hydrogen-bond donors (Lipinski definition) is 2. The third-order valence-corrected chi connectivity index (χ3v) is 5.07. The average Bonchev–Trinajstić information content (AvgIpc) is 3.05. The van der Waals surface area contributed by atoms with E-state index in [2.05, 4.69) is 39.3 Å². The van der Waals surface area contributed by atoms with E-state index in [0.29, 0.717) is 42.3 Å². The van der Waals surface area contributed by atoms with Gasteiger partial charge in [-0.25, -0.2) is 14.4 Å². The van der Waals surface area contributed by atoms with E-state index in [1.165, 1.54) is 0 Å². The second-order valence-corrected chi connectivity index (χ2v) is 7.58. The first-order valence-electron chi connectivity index (χ1n) is 9.24. The number of H-pyrrole nitrogens is 1. The summed E-state index contributed by atoms with van der Waals surface area (Å²) in [5.41, 5.74) is 1.25. The highest BCUT2D eigenvalue weighted by Crippen LogP contribution is 2.38. The number of fused-ring (bicyclic) bond motifs is 1. The van der Waals surface area contributed by atoms with E-state index < -0.39 is 5.67 Å². The molecule has 6 heteroatoms. The second-order valence-electron chi connectivity index (χ2n) is 7.58. The predicted molar refractivity (Wildman–Crippen MR) is 100 cm³/mol. The lowest BCUT2D eigenvalue weighted by Crippen LogP contribution is -2.45. The van der Waals surface area contributed by atoms with Gasteiger partial charge in [0.15, 0.2) is 11.3 Å². The number of nitrogens with one attached hydrogen (secondary N) is 2. The van der Waals surface area contributed by atoms with Gasteiger partial charge >= 0.3 is 0 Å². The minimum Gasteiger partial charge on any atom is -0.314 e. The van der Waals surface area contributed by atoms with Gasteiger partial charge in [-0.3, -0.25) is 5.10 Å². The molecule has 0 saturated carbocycles. The molecule has 4 rings (SSSR count). The van der Waals surface area contributed by atoms with Gasteiger partial charge in [0.1, 0.15) is 0 Å². The highest BCUT2D eigenvalue weighted by Gasteiger charge is 2.39. The number of alkyl halides is 1. The zero-order chi connectivity index (χ0) is 18.1. The SMILES string of the molecule is CC(C)C[C@H]1CC(F)(c2cccc(-c3[nH]nc4ncccc34)n2)CCN1. The normalized spacial score (nSPS) is 23.6. The lowest BCUT2D eigenvalue weighted by Gasteiger charge is -2.36. The van der Waals surface area contributed by atoms with Crippen molar-refractivity contribution in [1.82, 2.24) is 25.5 Å². The maximum Gasteiger partial charge on any atom is 0.181 e. The number of piperidine rings is 1. The van der Waals surface area contributed by atoms with Gasteiger partial charge in [-0.2, -0.15) is 5.10 Å². The Morgan fingerprint density at radius 1 is 1.27 bits per heavy atom. The third kappa shape index (κ3) is 3.21. The van der Waals surface area contributed by atoms with Crippen molar-refractivity contribution in [2.75, 3.05) is 6.54 Å². The number of nitrogens with zero attached hydrogens (tertiary/aromatic N) is 3. The van der Waals surface area contributed by atoms with Gasteiger partial charge in [0.05, 0.1) is 17.1 Å². The van der Waals surface area contributed by atoms with Crippen LogP contribution in [0.25, 0.3) is 22.4 Å². The Morgan fingerprint density at radius 3 is 3.00 bits per heavy atom. The van der Waals surface area contributed by atoms with Crippen LogP contribution in [0.2, 0.25) is 0 Å². The molecule has 1 aliphatic rings. The summed E-state index contributed by atoms with van der Waals surface area (Å²) < 4.78 is 15.8. The van der Waals surface area contributed by atoms with Crippen LogP contribution in [0.3, 0.4) is 0 Å². The van der Waals surface area contributed by atoms with Crippen molar-refractivity contribution >= 4 is 11.0 Å². The van der Waals surface area contributed by atoms with Crippen LogP contribution >= 0.6 is 0 Å². The van der Waals surface area contributed by atoms with E-state index in [1.807, 2.05) is 24.3 Å². The summed E-state index contributed by atoms with van der Waals surface area (Å²) in [6.07, 6.45) is 3.59. The van der Waals surface area contributed by atoms with Crippen molar-refractivity contribution in [3.63, 3.8) is 0 Å². The fourth-order valence-corrected chi connectivity index (χ4v) is 3.88. The smallest absolute Gasteiger partial charge is 0.181 e. The first-order valence-corrected chi connectivity index (χ1v) is 9.24. The molecule has 4 heterocycles. The Morgan fingerprint density at radius 2 is 2.15 bits per heavy atom. The third-order valence-electron chi connectivity index (χ3n) is 5.07. The van der Waals surface area contributed by atoms with E-state index in [-0.39, 0.29) is 6.04 Å². The topological polar surface area (TPSA) is 66.5 Å². The zero-order valence-corrected chi connectivity index (χ0v) is 15.2. The van der Waals surface area contributed by atoms with Crippen LogP contribution in [0.5, 0.6) is 0 Å². The largest absolute Gasteiger partial charge is 0.314 e. The standard InChI is InChI=1S/C20H24FN5/c1-13(2)11-14-12-20(21,8-10-22-14)17-7-3-6-16(24-17)18-15-5-4-9-23-19(15)26-25-18/h3-7,9,13-14,22H,8,10-12H2,1-2H3,(H,23,25,26)/t14-,20?/m0/s1. The van der Waals surface area contributed by atoms with Crippen LogP contribution in [0.4, 0.5) is 4.39 Å². The molecular weight excluding hydrogens is 329 g/mol. The fourth-order valence-electron chi connectivity index (χ4n) is 3.88. The van der Waals surface area contributed by atoms with Crippen molar-refractivity contribution in [3.8, 4) is 11.4 Å². The van der Waals surface area contributed by atoms with Crippen LogP contribution < -0.4 is 5.32 Å². The zero-order valence-electron chi connectivity index (χ0n) is 15.2. The van der Waals surface area contributed by atoms with Crippen molar-refractivity contribution in [2.45, 2.75) is 44.8 Å². The molecule has 0 spiro atoms. The molecule has 0 radical (unpaired) electrons. The van der Waals surface area contributed by atoms with E-state index in [0.717, 1.165) is 17.5 Å². The van der Waals surface area contributed by atoms with Crippen LogP contribution in [0.15, 0.2) is 36.5 Å². The highest BCUT2D eigenvalue weighted by atomic mass is 19.1. The summed E-state index contributed by atoms with van der Waals surface area (Å²) in [4.78, 5) is 8.91. The second kappa shape index (κ2) is 6.76. The number of hydrogen-bond acceptors (Lipinski definition) is 4. The van der Waals surface area contributed by atoms with E-state index in [9.17, 15) is 0 Å². The summed E-state index contributed by atoms with van der Waals surface area (Å²) in [6.45, 7) is 5.02. The lowest BCUT2D eigenvalue weighted by molar-refractivity contribution is 0.0803. The molecule has 3 aromatic heterocycles. The van der Waals surface area contributed by atoms with Crippen molar-refractivity contribution < 1.29 is 4.39 Å². The molecule has 1 unspecified atom stereocenters. The molecule has 26 heavy (non-hydrogen) atoms. The van der Waals surface area contributed by atoms with Gasteiger partial charge < -0.3 is 5.32 Å². The summed E-state index contributed by atoms with van der Waals surface area (Å²) in [5.74, 6) is 0.540. The monoisotopic (exact) mass is 353 g/mol. The summed E-state index contributed by atoms with van der Waals surface area (Å²) in [7, 11) is 0. The van der Waals surface area contributed by atoms with Crippen molar-refractivity contribution in [1.29, 1.82) is 0 Å². The number of pyridine rings is 2. The predicted octanol–water partition coefficient (Wildman–Crippen LogP) is 3.98. The molecule has 136 valence electrons. The summed E-state index contributed by atoms with van der Waals surface area (Å²) >= 11 is 0. The maximum atomic E-state index is 15.8. The van der Waals surface area contributed by atoms with E-state index >= 15 is 4.39 Å². The van der Waals surface area contributed by atoms with E-state index in [1.54, 1.807) is 12.3 Å². The molecule has 2 N–H and O–H groups in total. The lowest BCUT2D eigenvalue weighted by atomic mass is 9.83. The van der Waals surface area contributed by atoms with Crippen LogP contribution in [-0.2, 0) is 5.67 Å². The fraction of sp³-hybridized carbons (Fsp3) is 0.450. The minimum atomic E-state index is -1.39. The molecule has 5 nitrogen and oxygen atoms in total. The molecule has 0 aromatic carbocycles. The van der Waals surface area contributed by atoms with Gasteiger partial charge in [0.2, 0.25) is 0 Å². The Labute approximate surface area is 152 Å². The molecule has 3 aromatic rings. The Bertz CT molecular complexity index is 906. The summed E-state index contributed by atoms with van der Waals surface area (Å²) in [5, 5.41) is 11.6. The molecule has 0 amide bonds. The van der Waals surface area contributed by atoms with E-state index in [4.69, 9.17) is 0 Å². The Balaban J connectivity index is 1.67. The molecule has 2 atom stereocenters. The minimum absolute atomic E-state index is 0.191. The maximum absolute atomic E-state index is 15.8.